The minimum Gasteiger partial charge on any atom is -0.469 e. The van der Waals surface area contributed by atoms with Crippen LogP contribution in [0.15, 0.2) is 48.7 Å². The van der Waals surface area contributed by atoms with Gasteiger partial charge in [-0.15, -0.1) is 0 Å². The van der Waals surface area contributed by atoms with Gasteiger partial charge < -0.3 is 19.5 Å². The van der Waals surface area contributed by atoms with E-state index < -0.39 is 0 Å². The zero-order valence-corrected chi connectivity index (χ0v) is 20.7. The molecule has 1 aliphatic heterocycles. The molecule has 3 heterocycles. The molecular formula is C25H27ClN4O2S. The third-order valence-electron chi connectivity index (χ3n) is 6.25. The lowest BCUT2D eigenvalue weighted by molar-refractivity contribution is -0.140. The molecule has 1 aromatic carbocycles. The monoisotopic (exact) mass is 482 g/mol. The largest absolute Gasteiger partial charge is 0.469 e. The second-order valence-corrected chi connectivity index (χ2v) is 8.99. The molecule has 0 amide bonds. The Balaban J connectivity index is 1.82. The van der Waals surface area contributed by atoms with E-state index in [2.05, 4.69) is 45.7 Å². The first-order valence-electron chi connectivity index (χ1n) is 10.8. The Kier molecular flexibility index (Phi) is 6.72. The van der Waals surface area contributed by atoms with E-state index in [1.165, 1.54) is 7.11 Å². The van der Waals surface area contributed by atoms with Crippen LogP contribution in [0, 0.1) is 20.8 Å². The molecule has 172 valence electrons. The van der Waals surface area contributed by atoms with Crippen molar-refractivity contribution in [1.82, 2.24) is 19.8 Å². The molecule has 1 fully saturated rings. The van der Waals surface area contributed by atoms with Gasteiger partial charge in [0.25, 0.3) is 0 Å². The topological polar surface area (TPSA) is 59.4 Å². The molecule has 6 nitrogen and oxygen atoms in total. The van der Waals surface area contributed by atoms with E-state index in [0.717, 1.165) is 38.9 Å². The normalized spacial score (nSPS) is 17.8. The fourth-order valence-electron chi connectivity index (χ4n) is 4.59. The molecule has 2 aromatic heterocycles. The average Bonchev–Trinajstić information content (AvgIpc) is 3.29. The Bertz CT molecular complexity index is 1190. The van der Waals surface area contributed by atoms with Crippen molar-refractivity contribution in [2.45, 2.75) is 39.3 Å². The number of methoxy groups -OCH3 is 1. The number of aryl methyl sites for hydroxylation is 1. The summed E-state index contributed by atoms with van der Waals surface area (Å²) >= 11 is 12.1. The third kappa shape index (κ3) is 4.35. The SMILES string of the molecule is COC(=O)CCN1C(=S)N[C@H](c2ccccn2)[C@H]1c1cc(C)n(-c2cccc(Cl)c2C)c1C. The minimum atomic E-state index is -0.266. The van der Waals surface area contributed by atoms with Crippen LogP contribution < -0.4 is 5.32 Å². The summed E-state index contributed by atoms with van der Waals surface area (Å²) in [5.74, 6) is -0.266. The maximum absolute atomic E-state index is 11.9. The Morgan fingerprint density at radius 3 is 2.70 bits per heavy atom. The van der Waals surface area contributed by atoms with Crippen LogP contribution in [0.4, 0.5) is 0 Å². The second kappa shape index (κ2) is 9.53. The van der Waals surface area contributed by atoms with Crippen molar-refractivity contribution < 1.29 is 9.53 Å². The third-order valence-corrected chi connectivity index (χ3v) is 7.01. The van der Waals surface area contributed by atoms with Crippen LogP contribution in [-0.2, 0) is 9.53 Å². The Morgan fingerprint density at radius 2 is 2.00 bits per heavy atom. The summed E-state index contributed by atoms with van der Waals surface area (Å²) in [6.45, 7) is 6.68. The first-order valence-corrected chi connectivity index (χ1v) is 11.6. The molecule has 33 heavy (non-hydrogen) atoms. The Labute approximate surface area is 204 Å². The summed E-state index contributed by atoms with van der Waals surface area (Å²) in [6.07, 6.45) is 2.03. The molecule has 1 saturated heterocycles. The number of rotatable bonds is 6. The highest BCUT2D eigenvalue weighted by molar-refractivity contribution is 7.80. The van der Waals surface area contributed by atoms with E-state index in [1.54, 1.807) is 6.20 Å². The van der Waals surface area contributed by atoms with Crippen molar-refractivity contribution in [1.29, 1.82) is 0 Å². The van der Waals surface area contributed by atoms with E-state index in [4.69, 9.17) is 28.6 Å². The number of aromatic nitrogens is 2. The number of nitrogens with one attached hydrogen (secondary N) is 1. The molecule has 0 bridgehead atoms. The molecule has 1 N–H and O–H groups in total. The molecule has 0 unspecified atom stereocenters. The van der Waals surface area contributed by atoms with E-state index in [0.29, 0.717) is 11.7 Å². The van der Waals surface area contributed by atoms with Crippen LogP contribution in [0.2, 0.25) is 5.02 Å². The summed E-state index contributed by atoms with van der Waals surface area (Å²) in [7, 11) is 1.40. The zero-order valence-electron chi connectivity index (χ0n) is 19.1. The van der Waals surface area contributed by atoms with Crippen LogP contribution in [-0.4, -0.2) is 39.2 Å². The van der Waals surface area contributed by atoms with Crippen LogP contribution in [0.5, 0.6) is 0 Å². The number of benzene rings is 1. The summed E-state index contributed by atoms with van der Waals surface area (Å²) < 4.78 is 7.10. The average molecular weight is 483 g/mol. The second-order valence-electron chi connectivity index (χ2n) is 8.19. The number of hydrogen-bond donors (Lipinski definition) is 1. The number of carbonyl (C=O) groups is 1. The van der Waals surface area contributed by atoms with E-state index in [9.17, 15) is 4.79 Å². The standard InChI is InChI=1S/C25H27ClN4O2S/c1-15-14-18(17(3)30(15)21-10-7-8-19(26)16(21)2)24-23(20-9-5-6-12-27-20)28-25(33)29(24)13-11-22(31)32-4/h5-10,12,14,23-24H,11,13H2,1-4H3,(H,28,33)/t23-,24-/m1/s1. The minimum absolute atomic E-state index is 0.128. The number of ether oxygens (including phenoxy) is 1. The van der Waals surface area contributed by atoms with E-state index >= 15 is 0 Å². The highest BCUT2D eigenvalue weighted by Gasteiger charge is 2.41. The molecular weight excluding hydrogens is 456 g/mol. The number of thiocarbonyl (C=S) groups is 1. The fraction of sp³-hybridized carbons (Fsp3) is 0.320. The number of nitrogens with zero attached hydrogens (tertiary/aromatic N) is 3. The van der Waals surface area contributed by atoms with Crippen molar-refractivity contribution in [2.75, 3.05) is 13.7 Å². The first kappa shape index (κ1) is 23.3. The van der Waals surface area contributed by atoms with Crippen molar-refractivity contribution in [3.63, 3.8) is 0 Å². The van der Waals surface area contributed by atoms with Gasteiger partial charge in [-0.25, -0.2) is 0 Å². The summed E-state index contributed by atoms with van der Waals surface area (Å²) in [5.41, 5.74) is 6.29. The van der Waals surface area contributed by atoms with Gasteiger partial charge in [0.2, 0.25) is 0 Å². The van der Waals surface area contributed by atoms with Gasteiger partial charge in [-0.05, 0) is 74.4 Å². The summed E-state index contributed by atoms with van der Waals surface area (Å²) in [6, 6.07) is 13.7. The molecule has 8 heteroatoms. The van der Waals surface area contributed by atoms with Gasteiger partial charge in [0.1, 0.15) is 0 Å². The molecule has 1 aliphatic rings. The summed E-state index contributed by atoms with van der Waals surface area (Å²) in [4.78, 5) is 18.6. The van der Waals surface area contributed by atoms with Gasteiger partial charge >= 0.3 is 5.97 Å². The van der Waals surface area contributed by atoms with Crippen molar-refractivity contribution in [3.8, 4) is 5.69 Å². The van der Waals surface area contributed by atoms with Gasteiger partial charge in [-0.1, -0.05) is 23.7 Å². The van der Waals surface area contributed by atoms with Crippen molar-refractivity contribution >= 4 is 34.9 Å². The molecule has 0 aliphatic carbocycles. The molecule has 3 aromatic rings. The number of esters is 1. The van der Waals surface area contributed by atoms with Gasteiger partial charge in [-0.2, -0.15) is 0 Å². The van der Waals surface area contributed by atoms with Crippen LogP contribution in [0.3, 0.4) is 0 Å². The van der Waals surface area contributed by atoms with Crippen LogP contribution in [0.25, 0.3) is 5.69 Å². The highest BCUT2D eigenvalue weighted by atomic mass is 35.5. The van der Waals surface area contributed by atoms with Gasteiger partial charge in [0.15, 0.2) is 5.11 Å². The lowest BCUT2D eigenvalue weighted by Crippen LogP contribution is -2.32. The maximum Gasteiger partial charge on any atom is 0.307 e. The Morgan fingerprint density at radius 1 is 1.21 bits per heavy atom. The predicted molar refractivity (Wildman–Crippen MR) is 134 cm³/mol. The van der Waals surface area contributed by atoms with Crippen LogP contribution in [0.1, 0.15) is 46.7 Å². The lowest BCUT2D eigenvalue weighted by Gasteiger charge is -2.28. The summed E-state index contributed by atoms with van der Waals surface area (Å²) in [5, 5.41) is 4.77. The highest BCUT2D eigenvalue weighted by Crippen LogP contribution is 2.41. The number of halogens is 1. The molecule has 2 atom stereocenters. The molecule has 0 saturated carbocycles. The predicted octanol–water partition coefficient (Wildman–Crippen LogP) is 4.99. The number of pyridine rings is 1. The van der Waals surface area contributed by atoms with Gasteiger partial charge in [0, 0.05) is 34.8 Å². The first-order chi connectivity index (χ1) is 15.8. The maximum atomic E-state index is 11.9. The fourth-order valence-corrected chi connectivity index (χ4v) is 5.10. The van der Waals surface area contributed by atoms with E-state index in [-0.39, 0.29) is 24.5 Å². The lowest BCUT2D eigenvalue weighted by atomic mass is 9.96. The number of hydrogen-bond acceptors (Lipinski definition) is 4. The zero-order chi connectivity index (χ0) is 23.7. The quantitative estimate of drug-likeness (QED) is 0.394. The van der Waals surface area contributed by atoms with Gasteiger partial charge in [-0.3, -0.25) is 9.78 Å². The van der Waals surface area contributed by atoms with Gasteiger partial charge in [0.05, 0.1) is 31.3 Å². The molecule has 0 spiro atoms. The smallest absolute Gasteiger partial charge is 0.307 e. The van der Waals surface area contributed by atoms with Crippen LogP contribution >= 0.6 is 23.8 Å². The van der Waals surface area contributed by atoms with Crippen molar-refractivity contribution in [3.05, 3.63) is 81.9 Å². The van der Waals surface area contributed by atoms with E-state index in [1.807, 2.05) is 37.3 Å². The van der Waals surface area contributed by atoms with Crippen molar-refractivity contribution in [2.24, 2.45) is 0 Å². The molecule has 0 radical (unpaired) electrons. The number of carbonyl (C=O) groups excluding carboxylic acids is 1. The molecule has 4 rings (SSSR count). The Hall–Kier alpha value is -2.90.